The molecule has 10 nitrogen and oxygen atoms in total. The van der Waals surface area contributed by atoms with Crippen LogP contribution in [0.5, 0.6) is 0 Å². The minimum absolute atomic E-state index is 0.0397. The van der Waals surface area contributed by atoms with Crippen molar-refractivity contribution >= 4 is 29.0 Å². The van der Waals surface area contributed by atoms with Crippen molar-refractivity contribution < 1.29 is 27.2 Å². The van der Waals surface area contributed by atoms with E-state index in [1.54, 1.807) is 17.0 Å². The molecule has 0 unspecified atom stereocenters. The summed E-state index contributed by atoms with van der Waals surface area (Å²) in [7, 11) is 3.54. The number of aromatic nitrogens is 1. The van der Waals surface area contributed by atoms with Crippen molar-refractivity contribution in [1.29, 1.82) is 5.26 Å². The van der Waals surface area contributed by atoms with Crippen LogP contribution in [0.4, 0.5) is 34.8 Å². The lowest BCUT2D eigenvalue weighted by Crippen LogP contribution is -2.76. The molecule has 45 heavy (non-hydrogen) atoms. The summed E-state index contributed by atoms with van der Waals surface area (Å²) in [5, 5.41) is 12.4. The zero-order chi connectivity index (χ0) is 32.7. The summed E-state index contributed by atoms with van der Waals surface area (Å²) in [5.41, 5.74) is -1.36. The van der Waals surface area contributed by atoms with Gasteiger partial charge in [0.2, 0.25) is 11.8 Å². The van der Waals surface area contributed by atoms with Crippen LogP contribution in [0.2, 0.25) is 0 Å². The van der Waals surface area contributed by atoms with Crippen LogP contribution in [0.25, 0.3) is 0 Å². The highest BCUT2D eigenvalue weighted by atomic mass is 19.4. The van der Waals surface area contributed by atoms with E-state index in [2.05, 4.69) is 33.7 Å². The maximum absolute atomic E-state index is 15.4. The molecule has 3 aliphatic heterocycles. The van der Waals surface area contributed by atoms with Gasteiger partial charge in [-0.15, -0.1) is 0 Å². The molecule has 14 heteroatoms. The Labute approximate surface area is 259 Å². The molecule has 3 aliphatic rings. The van der Waals surface area contributed by atoms with Crippen LogP contribution < -0.4 is 15.1 Å². The number of likely N-dealkylation sites (tertiary alicyclic amines) is 1. The number of para-hydroxylation sites is 1. The van der Waals surface area contributed by atoms with Gasteiger partial charge in [-0.2, -0.15) is 18.4 Å². The second-order valence-corrected chi connectivity index (χ2v) is 11.9. The summed E-state index contributed by atoms with van der Waals surface area (Å²) in [6.45, 7) is 9.68. The van der Waals surface area contributed by atoms with Crippen molar-refractivity contribution in [2.45, 2.75) is 31.1 Å². The number of carbonyl (C=O) groups is 2. The van der Waals surface area contributed by atoms with Crippen molar-refractivity contribution in [3.05, 3.63) is 59.6 Å². The molecular weight excluding hydrogens is 592 g/mol. The first-order valence-corrected chi connectivity index (χ1v) is 14.7. The standard InChI is InChI=1S/C31H36F4N8O2/c1-5-26(44)43-18-30(19-43)17-41(12-11-39(30)3)13-14-42-10-9-24(29(45)40(4)25-8-6-7-23(32)27(25)42)38-28-21(16-36)22(31(33,34)35)15-20(2)37-28/h5-8,15,24H,1,9-14,17-19H2,2-4H3,(H,37,38)/t24-/m0/s1. The van der Waals surface area contributed by atoms with Gasteiger partial charge in [-0.25, -0.2) is 9.37 Å². The molecular formula is C31H36F4N8O2. The number of piperazine rings is 1. The summed E-state index contributed by atoms with van der Waals surface area (Å²) < 4.78 is 56.6. The molecule has 1 N–H and O–H groups in total. The maximum Gasteiger partial charge on any atom is 0.417 e. The number of carbonyl (C=O) groups excluding carboxylic acids is 2. The summed E-state index contributed by atoms with van der Waals surface area (Å²) >= 11 is 0. The van der Waals surface area contributed by atoms with Crippen molar-refractivity contribution in [3.63, 3.8) is 0 Å². The van der Waals surface area contributed by atoms with Crippen LogP contribution in [0, 0.1) is 24.1 Å². The van der Waals surface area contributed by atoms with Crippen LogP contribution in [-0.2, 0) is 15.8 Å². The summed E-state index contributed by atoms with van der Waals surface area (Å²) in [6.07, 6.45) is -3.36. The van der Waals surface area contributed by atoms with E-state index in [9.17, 15) is 28.0 Å². The zero-order valence-electron chi connectivity index (χ0n) is 25.5. The number of nitriles is 1. The number of hydrogen-bond acceptors (Lipinski definition) is 8. The summed E-state index contributed by atoms with van der Waals surface area (Å²) in [5.74, 6) is -1.41. The molecule has 2 amide bonds. The molecule has 240 valence electrons. The van der Waals surface area contributed by atoms with E-state index in [1.165, 1.54) is 37.1 Å². The van der Waals surface area contributed by atoms with Gasteiger partial charge in [-0.3, -0.25) is 19.4 Å². The highest BCUT2D eigenvalue weighted by Gasteiger charge is 2.50. The number of amides is 2. The Bertz CT molecular complexity index is 1530. The molecule has 2 saturated heterocycles. The number of alkyl halides is 3. The quantitative estimate of drug-likeness (QED) is 0.385. The number of nitrogens with zero attached hydrogens (tertiary/aromatic N) is 7. The van der Waals surface area contributed by atoms with E-state index < -0.39 is 35.1 Å². The van der Waals surface area contributed by atoms with Gasteiger partial charge in [0.05, 0.1) is 22.5 Å². The number of halogens is 4. The fourth-order valence-corrected chi connectivity index (χ4v) is 6.49. The SMILES string of the molecule is C=CC(=O)N1CC2(CN(CCN3CC[C@H](Nc4nc(C)cc(C(F)(F)F)c4C#N)C(=O)N(C)c4cccc(F)c43)CCN2C)C1. The molecule has 1 aromatic carbocycles. The Hall–Kier alpha value is -4.22. The first-order valence-electron chi connectivity index (χ1n) is 14.7. The van der Waals surface area contributed by atoms with E-state index in [4.69, 9.17) is 0 Å². The average molecular weight is 629 g/mol. The van der Waals surface area contributed by atoms with E-state index in [0.717, 1.165) is 25.7 Å². The average Bonchev–Trinajstić information content (AvgIpc) is 2.98. The number of nitrogens with one attached hydrogen (secondary N) is 1. The highest BCUT2D eigenvalue weighted by Crippen LogP contribution is 2.37. The molecule has 2 aromatic rings. The van der Waals surface area contributed by atoms with Gasteiger partial charge >= 0.3 is 6.18 Å². The monoisotopic (exact) mass is 628 g/mol. The summed E-state index contributed by atoms with van der Waals surface area (Å²) in [6, 6.07) is 5.83. The van der Waals surface area contributed by atoms with Crippen molar-refractivity contribution in [3.8, 4) is 6.07 Å². The second kappa shape index (κ2) is 12.3. The Kier molecular flexibility index (Phi) is 8.79. The largest absolute Gasteiger partial charge is 0.417 e. The van der Waals surface area contributed by atoms with Gasteiger partial charge in [0.15, 0.2) is 0 Å². The maximum atomic E-state index is 15.4. The highest BCUT2D eigenvalue weighted by molar-refractivity contribution is 6.01. The molecule has 0 saturated carbocycles. The summed E-state index contributed by atoms with van der Waals surface area (Å²) in [4.78, 5) is 39.3. The van der Waals surface area contributed by atoms with Crippen molar-refractivity contribution in [1.82, 2.24) is 19.7 Å². The Balaban J connectivity index is 1.38. The molecule has 0 radical (unpaired) electrons. The van der Waals surface area contributed by atoms with Crippen LogP contribution in [0.3, 0.4) is 0 Å². The van der Waals surface area contributed by atoms with Gasteiger partial charge in [0.25, 0.3) is 0 Å². The first kappa shape index (κ1) is 32.2. The number of benzene rings is 1. The topological polar surface area (TPSA) is 99.0 Å². The number of hydrogen-bond donors (Lipinski definition) is 1. The smallest absolute Gasteiger partial charge is 0.366 e. The Morgan fingerprint density at radius 3 is 2.60 bits per heavy atom. The van der Waals surface area contributed by atoms with Gasteiger partial charge in [0, 0.05) is 65.1 Å². The number of aryl methyl sites for hydroxylation is 1. The van der Waals surface area contributed by atoms with Gasteiger partial charge in [-0.1, -0.05) is 12.6 Å². The van der Waals surface area contributed by atoms with E-state index in [0.29, 0.717) is 31.9 Å². The molecule has 1 atom stereocenters. The molecule has 0 aliphatic carbocycles. The molecule has 2 fully saturated rings. The third-order valence-electron chi connectivity index (χ3n) is 9.06. The predicted octanol–water partition coefficient (Wildman–Crippen LogP) is 3.09. The predicted molar refractivity (Wildman–Crippen MR) is 161 cm³/mol. The van der Waals surface area contributed by atoms with Gasteiger partial charge in [0.1, 0.15) is 29.3 Å². The van der Waals surface area contributed by atoms with Crippen molar-refractivity contribution in [2.24, 2.45) is 0 Å². The lowest BCUT2D eigenvalue weighted by molar-refractivity contribution is -0.145. The zero-order valence-corrected chi connectivity index (χ0v) is 25.5. The first-order chi connectivity index (χ1) is 21.3. The van der Waals surface area contributed by atoms with E-state index in [1.807, 2.05) is 4.90 Å². The number of pyridine rings is 1. The molecule has 5 rings (SSSR count). The van der Waals surface area contributed by atoms with Gasteiger partial charge in [-0.05, 0) is 44.7 Å². The molecule has 4 heterocycles. The fourth-order valence-electron chi connectivity index (χ4n) is 6.49. The number of fused-ring (bicyclic) bond motifs is 1. The second-order valence-electron chi connectivity index (χ2n) is 11.9. The number of rotatable bonds is 6. The van der Waals surface area contributed by atoms with Crippen LogP contribution in [0.1, 0.15) is 23.2 Å². The third kappa shape index (κ3) is 6.19. The minimum Gasteiger partial charge on any atom is -0.366 e. The molecule has 1 aromatic heterocycles. The lowest BCUT2D eigenvalue weighted by atomic mass is 9.85. The Morgan fingerprint density at radius 1 is 1.20 bits per heavy atom. The van der Waals surface area contributed by atoms with Crippen LogP contribution >= 0.6 is 0 Å². The van der Waals surface area contributed by atoms with Crippen LogP contribution in [-0.4, -0.2) is 110 Å². The van der Waals surface area contributed by atoms with Crippen LogP contribution in [0.15, 0.2) is 36.9 Å². The Morgan fingerprint density at radius 2 is 1.93 bits per heavy atom. The molecule has 1 spiro atoms. The number of anilines is 3. The van der Waals surface area contributed by atoms with Crippen molar-refractivity contribution in [2.75, 3.05) is 81.6 Å². The molecule has 0 bridgehead atoms. The van der Waals surface area contributed by atoms with E-state index in [-0.39, 0.29) is 41.6 Å². The van der Waals surface area contributed by atoms with E-state index >= 15 is 4.39 Å². The fraction of sp³-hybridized carbons (Fsp3) is 0.484. The third-order valence-corrected chi connectivity index (χ3v) is 9.06. The minimum atomic E-state index is -4.79. The lowest BCUT2D eigenvalue weighted by Gasteiger charge is -2.59. The number of likely N-dealkylation sites (N-methyl/N-ethyl adjacent to an activating group) is 2. The normalized spacial score (nSPS) is 20.6. The van der Waals surface area contributed by atoms with Gasteiger partial charge < -0.3 is 20.0 Å².